The second-order valence-electron chi connectivity index (χ2n) is 5.84. The predicted molar refractivity (Wildman–Crippen MR) is 86.3 cm³/mol. The highest BCUT2D eigenvalue weighted by Crippen LogP contribution is 2.09. The van der Waals surface area contributed by atoms with Crippen LogP contribution in [0.15, 0.2) is 20.8 Å². The Hall–Kier alpha value is -1.44. The van der Waals surface area contributed by atoms with Crippen molar-refractivity contribution in [3.63, 3.8) is 0 Å². The van der Waals surface area contributed by atoms with E-state index >= 15 is 0 Å². The fraction of sp³-hybridized carbons (Fsp3) is 0.600. The van der Waals surface area contributed by atoms with Gasteiger partial charge in [-0.05, 0) is 13.8 Å². The van der Waals surface area contributed by atoms with Gasteiger partial charge in [-0.25, -0.2) is 0 Å². The van der Waals surface area contributed by atoms with E-state index in [1.807, 2.05) is 29.9 Å². The minimum absolute atomic E-state index is 0.150. The minimum atomic E-state index is 0.150. The van der Waals surface area contributed by atoms with Gasteiger partial charge in [0.05, 0.1) is 5.69 Å². The number of rotatable bonds is 5. The molecule has 1 aliphatic heterocycles. The molecule has 1 aliphatic rings. The third kappa shape index (κ3) is 3.66. The lowest BCUT2D eigenvalue weighted by Crippen LogP contribution is -2.47. The van der Waals surface area contributed by atoms with E-state index in [-0.39, 0.29) is 4.87 Å². The average molecular weight is 322 g/mol. The number of hydrogen-bond donors (Lipinski definition) is 0. The summed E-state index contributed by atoms with van der Waals surface area (Å²) < 4.78 is 6.98. The molecule has 2 aromatic heterocycles. The standard InChI is InChI=1S/C15H22N4O2S/c1-12-11-22-15(20)19(12)8-7-17-3-5-18(6-4-17)10-14-9-13(2)21-16-14/h9,11H,3-8,10H2,1-2H3. The first kappa shape index (κ1) is 15.5. The first-order chi connectivity index (χ1) is 10.6. The minimum Gasteiger partial charge on any atom is -0.361 e. The molecule has 0 saturated carbocycles. The second-order valence-corrected chi connectivity index (χ2v) is 6.66. The van der Waals surface area contributed by atoms with E-state index in [2.05, 4.69) is 15.0 Å². The highest BCUT2D eigenvalue weighted by molar-refractivity contribution is 7.07. The van der Waals surface area contributed by atoms with Crippen LogP contribution in [0.2, 0.25) is 0 Å². The molecule has 2 aromatic rings. The van der Waals surface area contributed by atoms with Crippen molar-refractivity contribution in [1.29, 1.82) is 0 Å². The van der Waals surface area contributed by atoms with E-state index in [4.69, 9.17) is 4.52 Å². The third-order valence-electron chi connectivity index (χ3n) is 4.14. The van der Waals surface area contributed by atoms with Crippen LogP contribution in [0.4, 0.5) is 0 Å². The summed E-state index contributed by atoms with van der Waals surface area (Å²) in [5.74, 6) is 0.866. The van der Waals surface area contributed by atoms with Crippen molar-refractivity contribution in [2.24, 2.45) is 0 Å². The summed E-state index contributed by atoms with van der Waals surface area (Å²) in [7, 11) is 0. The molecule has 6 nitrogen and oxygen atoms in total. The summed E-state index contributed by atoms with van der Waals surface area (Å²) in [5.41, 5.74) is 2.07. The smallest absolute Gasteiger partial charge is 0.307 e. The number of nitrogens with zero attached hydrogens (tertiary/aromatic N) is 4. The molecule has 120 valence electrons. The van der Waals surface area contributed by atoms with Crippen LogP contribution in [0.25, 0.3) is 0 Å². The van der Waals surface area contributed by atoms with E-state index < -0.39 is 0 Å². The van der Waals surface area contributed by atoms with Crippen LogP contribution in [-0.4, -0.2) is 52.2 Å². The number of aryl methyl sites for hydroxylation is 2. The average Bonchev–Trinajstić information content (AvgIpc) is 3.05. The molecule has 0 aromatic carbocycles. The molecule has 3 heterocycles. The van der Waals surface area contributed by atoms with Gasteiger partial charge in [-0.15, -0.1) is 0 Å². The maximum absolute atomic E-state index is 11.7. The van der Waals surface area contributed by atoms with Crippen LogP contribution in [0.5, 0.6) is 0 Å². The van der Waals surface area contributed by atoms with Crippen LogP contribution in [0.1, 0.15) is 17.1 Å². The van der Waals surface area contributed by atoms with Gasteiger partial charge in [0, 0.05) is 63.0 Å². The SMILES string of the molecule is Cc1cc(CN2CCN(CCn3c(C)csc3=O)CC2)no1. The van der Waals surface area contributed by atoms with Gasteiger partial charge in [0.15, 0.2) is 0 Å². The summed E-state index contributed by atoms with van der Waals surface area (Å²) in [6, 6.07) is 2.00. The molecule has 22 heavy (non-hydrogen) atoms. The molecule has 0 amide bonds. The first-order valence-electron chi connectivity index (χ1n) is 7.63. The van der Waals surface area contributed by atoms with E-state index in [1.54, 1.807) is 0 Å². The van der Waals surface area contributed by atoms with Gasteiger partial charge < -0.3 is 9.09 Å². The highest BCUT2D eigenvalue weighted by Gasteiger charge is 2.18. The Balaban J connectivity index is 1.45. The normalized spacial score (nSPS) is 17.2. The number of aromatic nitrogens is 2. The lowest BCUT2D eigenvalue weighted by Gasteiger charge is -2.34. The van der Waals surface area contributed by atoms with Crippen LogP contribution < -0.4 is 4.87 Å². The number of hydrogen-bond acceptors (Lipinski definition) is 6. The lowest BCUT2D eigenvalue weighted by atomic mass is 10.2. The maximum Gasteiger partial charge on any atom is 0.307 e. The van der Waals surface area contributed by atoms with Crippen molar-refractivity contribution in [2.75, 3.05) is 32.7 Å². The quantitative estimate of drug-likeness (QED) is 0.831. The van der Waals surface area contributed by atoms with E-state index in [1.165, 1.54) is 11.3 Å². The van der Waals surface area contributed by atoms with Gasteiger partial charge in [-0.1, -0.05) is 16.5 Å². The van der Waals surface area contributed by atoms with Gasteiger partial charge in [-0.2, -0.15) is 0 Å². The summed E-state index contributed by atoms with van der Waals surface area (Å²) >= 11 is 1.29. The zero-order valence-electron chi connectivity index (χ0n) is 13.1. The Morgan fingerprint density at radius 1 is 1.18 bits per heavy atom. The van der Waals surface area contributed by atoms with Crippen molar-refractivity contribution < 1.29 is 4.52 Å². The predicted octanol–water partition coefficient (Wildman–Crippen LogP) is 1.33. The fourth-order valence-corrected chi connectivity index (χ4v) is 3.57. The monoisotopic (exact) mass is 322 g/mol. The Labute approximate surface area is 133 Å². The zero-order chi connectivity index (χ0) is 15.5. The van der Waals surface area contributed by atoms with Gasteiger partial charge >= 0.3 is 4.87 Å². The zero-order valence-corrected chi connectivity index (χ0v) is 13.9. The Morgan fingerprint density at radius 2 is 1.91 bits per heavy atom. The van der Waals surface area contributed by atoms with Crippen molar-refractivity contribution in [1.82, 2.24) is 19.5 Å². The molecule has 7 heteroatoms. The summed E-state index contributed by atoms with van der Waals surface area (Å²) in [4.78, 5) is 16.7. The maximum atomic E-state index is 11.7. The topological polar surface area (TPSA) is 54.5 Å². The van der Waals surface area contributed by atoms with Crippen LogP contribution >= 0.6 is 11.3 Å². The van der Waals surface area contributed by atoms with Crippen molar-refractivity contribution in [3.8, 4) is 0 Å². The van der Waals surface area contributed by atoms with E-state index in [0.29, 0.717) is 0 Å². The van der Waals surface area contributed by atoms with Crippen molar-refractivity contribution in [3.05, 3.63) is 38.3 Å². The molecule has 0 radical (unpaired) electrons. The molecule has 0 spiro atoms. The second kappa shape index (κ2) is 6.76. The Kier molecular flexibility index (Phi) is 4.75. The lowest BCUT2D eigenvalue weighted by molar-refractivity contribution is 0.122. The molecule has 0 atom stereocenters. The largest absolute Gasteiger partial charge is 0.361 e. The van der Waals surface area contributed by atoms with E-state index in [0.717, 1.165) is 63.0 Å². The highest BCUT2D eigenvalue weighted by atomic mass is 32.1. The Morgan fingerprint density at radius 3 is 2.50 bits per heavy atom. The molecule has 0 bridgehead atoms. The van der Waals surface area contributed by atoms with Crippen LogP contribution in [-0.2, 0) is 13.1 Å². The fourth-order valence-electron chi connectivity index (χ4n) is 2.81. The summed E-state index contributed by atoms with van der Waals surface area (Å²) in [6.45, 7) is 10.6. The molecular formula is C15H22N4O2S. The van der Waals surface area contributed by atoms with Crippen LogP contribution in [0, 0.1) is 13.8 Å². The number of thiazole rings is 1. The molecule has 3 rings (SSSR count). The first-order valence-corrected chi connectivity index (χ1v) is 8.51. The van der Waals surface area contributed by atoms with Gasteiger partial charge in [0.2, 0.25) is 0 Å². The van der Waals surface area contributed by atoms with Crippen molar-refractivity contribution in [2.45, 2.75) is 26.9 Å². The molecular weight excluding hydrogens is 300 g/mol. The van der Waals surface area contributed by atoms with Gasteiger partial charge in [0.1, 0.15) is 5.76 Å². The summed E-state index contributed by atoms with van der Waals surface area (Å²) in [6.07, 6.45) is 0. The van der Waals surface area contributed by atoms with Gasteiger partial charge in [0.25, 0.3) is 0 Å². The van der Waals surface area contributed by atoms with Gasteiger partial charge in [-0.3, -0.25) is 14.6 Å². The molecule has 0 aliphatic carbocycles. The van der Waals surface area contributed by atoms with Crippen molar-refractivity contribution >= 4 is 11.3 Å². The van der Waals surface area contributed by atoms with E-state index in [9.17, 15) is 4.79 Å². The third-order valence-corrected chi connectivity index (χ3v) is 5.02. The molecule has 1 fully saturated rings. The Bertz CT molecular complexity index is 667. The molecule has 0 unspecified atom stereocenters. The number of piperazine rings is 1. The summed E-state index contributed by atoms with van der Waals surface area (Å²) in [5, 5.41) is 5.98. The molecule has 0 N–H and O–H groups in total. The molecule has 1 saturated heterocycles. The van der Waals surface area contributed by atoms with Crippen LogP contribution in [0.3, 0.4) is 0 Å².